The lowest BCUT2D eigenvalue weighted by Gasteiger charge is -2.22. The molecule has 1 heterocycles. The van der Waals surface area contributed by atoms with Gasteiger partial charge in [-0.3, -0.25) is 0 Å². The average Bonchev–Trinajstić information content (AvgIpc) is 2.65. The molecule has 3 atom stereocenters. The van der Waals surface area contributed by atoms with Gasteiger partial charge in [0.1, 0.15) is 0 Å². The molecule has 1 N–H and O–H groups in total. The molecule has 2 heteroatoms. The van der Waals surface area contributed by atoms with Gasteiger partial charge in [-0.2, -0.15) is 0 Å². The van der Waals surface area contributed by atoms with Crippen LogP contribution in [0.1, 0.15) is 40.5 Å². The largest absolute Gasteiger partial charge is 0.378 e. The van der Waals surface area contributed by atoms with E-state index in [0.29, 0.717) is 12.0 Å². The fraction of sp³-hybridized carbons (Fsp3) is 1.00. The van der Waals surface area contributed by atoms with Crippen LogP contribution in [-0.2, 0) is 4.74 Å². The van der Waals surface area contributed by atoms with E-state index in [-0.39, 0.29) is 0 Å². The second-order valence-electron chi connectivity index (χ2n) is 5.30. The third-order valence-corrected chi connectivity index (χ3v) is 3.52. The standard InChI is InChI=1S/C13H27NO/c1-5-11(4)8-14-9-12-6-7-15-13(12)10(2)3/h10-14H,5-9H2,1-4H3. The smallest absolute Gasteiger partial charge is 0.0639 e. The molecule has 2 nitrogen and oxygen atoms in total. The minimum Gasteiger partial charge on any atom is -0.378 e. The van der Waals surface area contributed by atoms with E-state index in [1.54, 1.807) is 0 Å². The molecule has 0 aromatic heterocycles. The van der Waals surface area contributed by atoms with Crippen LogP contribution in [0.4, 0.5) is 0 Å². The minimum atomic E-state index is 0.481. The van der Waals surface area contributed by atoms with Crippen molar-refractivity contribution >= 4 is 0 Å². The summed E-state index contributed by atoms with van der Waals surface area (Å²) in [6.45, 7) is 12.3. The van der Waals surface area contributed by atoms with Gasteiger partial charge in [0.05, 0.1) is 6.10 Å². The number of hydrogen-bond acceptors (Lipinski definition) is 2. The van der Waals surface area contributed by atoms with E-state index < -0.39 is 0 Å². The highest BCUT2D eigenvalue weighted by Gasteiger charge is 2.30. The zero-order valence-electron chi connectivity index (χ0n) is 10.8. The topological polar surface area (TPSA) is 21.3 Å². The van der Waals surface area contributed by atoms with Gasteiger partial charge in [0.25, 0.3) is 0 Å². The second kappa shape index (κ2) is 6.49. The molecular formula is C13H27NO. The highest BCUT2D eigenvalue weighted by atomic mass is 16.5. The van der Waals surface area contributed by atoms with E-state index in [1.807, 2.05) is 0 Å². The van der Waals surface area contributed by atoms with E-state index in [9.17, 15) is 0 Å². The van der Waals surface area contributed by atoms with Crippen molar-refractivity contribution in [3.05, 3.63) is 0 Å². The maximum Gasteiger partial charge on any atom is 0.0639 e. The molecule has 0 amide bonds. The molecule has 15 heavy (non-hydrogen) atoms. The van der Waals surface area contributed by atoms with Crippen LogP contribution in [-0.4, -0.2) is 25.8 Å². The molecule has 1 aliphatic heterocycles. The normalized spacial score (nSPS) is 28.6. The molecule has 0 saturated carbocycles. The van der Waals surface area contributed by atoms with Crippen LogP contribution in [0.3, 0.4) is 0 Å². The molecule has 0 aliphatic carbocycles. The Labute approximate surface area is 94.8 Å². The summed E-state index contributed by atoms with van der Waals surface area (Å²) in [7, 11) is 0. The lowest BCUT2D eigenvalue weighted by molar-refractivity contribution is 0.0538. The predicted octanol–water partition coefficient (Wildman–Crippen LogP) is 2.68. The first kappa shape index (κ1) is 13.0. The number of nitrogens with one attached hydrogen (secondary N) is 1. The Balaban J connectivity index is 2.20. The SMILES string of the molecule is CCC(C)CNCC1CCOC1C(C)C. The maximum absolute atomic E-state index is 5.77. The van der Waals surface area contributed by atoms with Crippen molar-refractivity contribution in [2.45, 2.75) is 46.6 Å². The van der Waals surface area contributed by atoms with Gasteiger partial charge < -0.3 is 10.1 Å². The molecule has 0 spiro atoms. The Morgan fingerprint density at radius 2 is 2.07 bits per heavy atom. The molecule has 0 aromatic carbocycles. The van der Waals surface area contributed by atoms with Gasteiger partial charge >= 0.3 is 0 Å². The van der Waals surface area contributed by atoms with Gasteiger partial charge in [0.2, 0.25) is 0 Å². The first-order valence-corrected chi connectivity index (χ1v) is 6.47. The molecule has 0 bridgehead atoms. The van der Waals surface area contributed by atoms with Crippen molar-refractivity contribution in [1.82, 2.24) is 5.32 Å². The Morgan fingerprint density at radius 3 is 2.67 bits per heavy atom. The zero-order chi connectivity index (χ0) is 11.3. The quantitative estimate of drug-likeness (QED) is 0.732. The third-order valence-electron chi connectivity index (χ3n) is 3.52. The molecule has 0 aromatic rings. The van der Waals surface area contributed by atoms with Gasteiger partial charge in [-0.1, -0.05) is 34.1 Å². The molecule has 1 aliphatic rings. The number of ether oxygens (including phenoxy) is 1. The molecule has 90 valence electrons. The van der Waals surface area contributed by atoms with E-state index in [2.05, 4.69) is 33.0 Å². The van der Waals surface area contributed by atoms with Crippen molar-refractivity contribution in [3.8, 4) is 0 Å². The average molecular weight is 213 g/mol. The molecule has 0 radical (unpaired) electrons. The monoisotopic (exact) mass is 213 g/mol. The second-order valence-corrected chi connectivity index (χ2v) is 5.30. The van der Waals surface area contributed by atoms with Crippen LogP contribution in [0.5, 0.6) is 0 Å². The summed E-state index contributed by atoms with van der Waals surface area (Å²) in [4.78, 5) is 0. The minimum absolute atomic E-state index is 0.481. The van der Waals surface area contributed by atoms with E-state index in [0.717, 1.165) is 31.5 Å². The van der Waals surface area contributed by atoms with Gasteiger partial charge in [0, 0.05) is 13.2 Å². The van der Waals surface area contributed by atoms with Crippen molar-refractivity contribution in [2.75, 3.05) is 19.7 Å². The van der Waals surface area contributed by atoms with Gasteiger partial charge in [-0.05, 0) is 30.7 Å². The lowest BCUT2D eigenvalue weighted by atomic mass is 9.93. The van der Waals surface area contributed by atoms with Crippen LogP contribution in [0.25, 0.3) is 0 Å². The van der Waals surface area contributed by atoms with Crippen molar-refractivity contribution in [2.24, 2.45) is 17.8 Å². The van der Waals surface area contributed by atoms with Crippen LogP contribution in [0.15, 0.2) is 0 Å². The Hall–Kier alpha value is -0.0800. The van der Waals surface area contributed by atoms with E-state index in [1.165, 1.54) is 12.8 Å². The summed E-state index contributed by atoms with van der Waals surface area (Å²) in [5.74, 6) is 2.18. The van der Waals surface area contributed by atoms with E-state index in [4.69, 9.17) is 4.74 Å². The van der Waals surface area contributed by atoms with Gasteiger partial charge in [0.15, 0.2) is 0 Å². The summed E-state index contributed by atoms with van der Waals surface area (Å²) in [5, 5.41) is 3.58. The van der Waals surface area contributed by atoms with Crippen molar-refractivity contribution in [1.29, 1.82) is 0 Å². The molecular weight excluding hydrogens is 186 g/mol. The number of rotatable bonds is 6. The fourth-order valence-corrected chi connectivity index (χ4v) is 2.27. The summed E-state index contributed by atoms with van der Waals surface area (Å²) in [6.07, 6.45) is 2.98. The summed E-state index contributed by atoms with van der Waals surface area (Å²) in [5.41, 5.74) is 0. The zero-order valence-corrected chi connectivity index (χ0v) is 10.8. The third kappa shape index (κ3) is 4.12. The predicted molar refractivity (Wildman–Crippen MR) is 65.0 cm³/mol. The van der Waals surface area contributed by atoms with E-state index >= 15 is 0 Å². The van der Waals surface area contributed by atoms with Gasteiger partial charge in [-0.15, -0.1) is 0 Å². The molecule has 3 unspecified atom stereocenters. The highest BCUT2D eigenvalue weighted by Crippen LogP contribution is 2.26. The summed E-state index contributed by atoms with van der Waals surface area (Å²) < 4.78 is 5.77. The first-order chi connectivity index (χ1) is 7.15. The Bertz CT molecular complexity index is 170. The molecule has 1 fully saturated rings. The van der Waals surface area contributed by atoms with Crippen molar-refractivity contribution in [3.63, 3.8) is 0 Å². The van der Waals surface area contributed by atoms with Crippen LogP contribution >= 0.6 is 0 Å². The fourth-order valence-electron chi connectivity index (χ4n) is 2.27. The van der Waals surface area contributed by atoms with Gasteiger partial charge in [-0.25, -0.2) is 0 Å². The Morgan fingerprint density at radius 1 is 1.33 bits per heavy atom. The highest BCUT2D eigenvalue weighted by molar-refractivity contribution is 4.80. The lowest BCUT2D eigenvalue weighted by Crippen LogP contribution is -2.33. The summed E-state index contributed by atoms with van der Waals surface area (Å²) in [6, 6.07) is 0. The molecule has 1 saturated heterocycles. The van der Waals surface area contributed by atoms with Crippen molar-refractivity contribution < 1.29 is 4.74 Å². The summed E-state index contributed by atoms with van der Waals surface area (Å²) >= 11 is 0. The molecule has 1 rings (SSSR count). The van der Waals surface area contributed by atoms with Crippen LogP contribution in [0.2, 0.25) is 0 Å². The maximum atomic E-state index is 5.77. The van der Waals surface area contributed by atoms with Crippen LogP contribution in [0, 0.1) is 17.8 Å². The Kier molecular flexibility index (Phi) is 5.62. The van der Waals surface area contributed by atoms with Crippen LogP contribution < -0.4 is 5.32 Å². The number of hydrogen-bond donors (Lipinski definition) is 1. The first-order valence-electron chi connectivity index (χ1n) is 6.47.